The van der Waals surface area contributed by atoms with Gasteiger partial charge in [0.2, 0.25) is 23.6 Å². The van der Waals surface area contributed by atoms with Crippen LogP contribution in [0.1, 0.15) is 168 Å². The van der Waals surface area contributed by atoms with E-state index >= 15 is 4.39 Å². The molecule has 3 atom stereocenters. The summed E-state index contributed by atoms with van der Waals surface area (Å²) in [6, 6.07) is 27.1. The van der Waals surface area contributed by atoms with Gasteiger partial charge in [0.1, 0.15) is 18.0 Å². The molecule has 4 aromatic carbocycles. The van der Waals surface area contributed by atoms with Crippen molar-refractivity contribution < 1.29 is 55.7 Å². The molecule has 716 valence electrons. The van der Waals surface area contributed by atoms with Crippen LogP contribution in [0.2, 0.25) is 0 Å². The molecule has 4 amide bonds. The van der Waals surface area contributed by atoms with Crippen molar-refractivity contribution in [1.29, 1.82) is 10.5 Å². The summed E-state index contributed by atoms with van der Waals surface area (Å²) in [4.78, 5) is 65.1. The van der Waals surface area contributed by atoms with Crippen LogP contribution in [0.15, 0.2) is 97.7 Å². The number of hydrogen-bond acceptors (Lipinski definition) is 22. The summed E-state index contributed by atoms with van der Waals surface area (Å²) in [6.07, 6.45) is 15.5. The number of carbonyl (C=O) groups is 4. The van der Waals surface area contributed by atoms with Crippen molar-refractivity contribution in [2.45, 2.75) is 168 Å². The molecule has 24 rings (SSSR count). The third-order valence-electron chi connectivity index (χ3n) is 29.1. The Bertz CT molecular complexity index is 6660. The number of amides is 4. The van der Waals surface area contributed by atoms with Crippen molar-refractivity contribution in [3.63, 3.8) is 0 Å². The average Bonchev–Trinajstić information content (AvgIpc) is 1.59. The van der Waals surface area contributed by atoms with Crippen LogP contribution in [0.4, 0.5) is 63.6 Å². The van der Waals surface area contributed by atoms with E-state index in [4.69, 9.17) is 39.3 Å². The van der Waals surface area contributed by atoms with E-state index in [9.17, 15) is 42.9 Å². The van der Waals surface area contributed by atoms with Crippen LogP contribution in [0, 0.1) is 28.5 Å². The maximum atomic E-state index is 15.4. The van der Waals surface area contributed by atoms with Gasteiger partial charge in [-0.05, 0) is 145 Å². The van der Waals surface area contributed by atoms with Crippen LogP contribution in [0.25, 0.3) is 44.5 Å². The lowest BCUT2D eigenvalue weighted by Gasteiger charge is -2.33. The molecule has 138 heavy (non-hydrogen) atoms. The topological polar surface area (TPSA) is 321 Å². The predicted molar refractivity (Wildman–Crippen MR) is 502 cm³/mol. The Morgan fingerprint density at radius 1 is 0.377 bits per heavy atom. The van der Waals surface area contributed by atoms with Gasteiger partial charge in [0.25, 0.3) is 0 Å². The molecule has 0 saturated carbocycles. The van der Waals surface area contributed by atoms with E-state index in [-0.39, 0.29) is 59.2 Å². The lowest BCUT2D eigenvalue weighted by atomic mass is 9.95. The Kier molecular flexibility index (Phi) is 24.2. The molecule has 4 saturated heterocycles. The second-order valence-corrected chi connectivity index (χ2v) is 37.9. The summed E-state index contributed by atoms with van der Waals surface area (Å²) in [5.74, 6) is 3.64. The number of alkyl halides is 3. The van der Waals surface area contributed by atoms with Gasteiger partial charge in [0.15, 0.2) is 40.4 Å². The van der Waals surface area contributed by atoms with Crippen LogP contribution in [-0.2, 0) is 150 Å². The Morgan fingerprint density at radius 2 is 0.732 bits per heavy atom. The highest BCUT2D eigenvalue weighted by atomic mass is 19.4. The Hall–Kier alpha value is -13.8. The van der Waals surface area contributed by atoms with Gasteiger partial charge in [-0.2, -0.15) is 64.5 Å². The molecular formula is C100H110F4N26O8. The number of anilines is 8. The minimum absolute atomic E-state index is 0.0342. The Balaban J connectivity index is 0.000000110. The number of rotatable bonds is 12. The third kappa shape index (κ3) is 17.0. The number of halogens is 4. The number of aryl methyl sites for hydroxylation is 6. The molecule has 0 aliphatic carbocycles. The summed E-state index contributed by atoms with van der Waals surface area (Å²) in [7, 11) is 6.99. The maximum Gasteiger partial charge on any atom is 0.435 e. The lowest BCUT2D eigenvalue weighted by molar-refractivity contribution is -0.141. The maximum absolute atomic E-state index is 15.4. The summed E-state index contributed by atoms with van der Waals surface area (Å²) < 4.78 is 93.3. The van der Waals surface area contributed by atoms with Crippen LogP contribution in [0.3, 0.4) is 0 Å². The van der Waals surface area contributed by atoms with Gasteiger partial charge in [-0.25, -0.2) is 4.39 Å². The fourth-order valence-corrected chi connectivity index (χ4v) is 22.0. The zero-order chi connectivity index (χ0) is 95.4. The SMILES string of the molecule is CC(=O)N1CCc2c(c(N3CCCc4cc(-c5cn(C)nc5C(F)(F)F)ccc43)nn2C2COC2)C1.CC(=O)N1CCc2c(c(N3CCCc4cc(-c5cnn(C)c5)c(F)cc43)nn2C2CCOC2)C1.CC(=O)N1CCc2c(c(N3CCc4cc(-c5cn(C)nc5C#N)ccc43)nn2[C@@H]2CCOC2)C1.CC(=O)N1CCc2c(c(N3CCc4cc(-c5cn(C)nc5C#N)ccc43)nn2[C@H]2CCOC2)C1. The van der Waals surface area contributed by atoms with Crippen LogP contribution >= 0.6 is 0 Å². The molecule has 0 N–H and O–H groups in total. The van der Waals surface area contributed by atoms with Crippen LogP contribution in [-0.4, -0.2) is 227 Å². The average molecular weight is 1880 g/mol. The molecule has 12 aliphatic heterocycles. The molecule has 0 spiro atoms. The third-order valence-corrected chi connectivity index (χ3v) is 29.1. The van der Waals surface area contributed by atoms with Crippen molar-refractivity contribution in [1.82, 2.24) is 97.8 Å². The zero-order valence-electron chi connectivity index (χ0n) is 78.8. The first kappa shape index (κ1) is 90.6. The molecule has 20 heterocycles. The number of nitriles is 2. The lowest BCUT2D eigenvalue weighted by Crippen LogP contribution is -2.37. The monoisotopic (exact) mass is 1880 g/mol. The zero-order valence-corrected chi connectivity index (χ0v) is 78.8. The summed E-state index contributed by atoms with van der Waals surface area (Å²) in [5.41, 5.74) is 23.5. The van der Waals surface area contributed by atoms with E-state index in [0.29, 0.717) is 94.8 Å². The van der Waals surface area contributed by atoms with Gasteiger partial charge >= 0.3 is 6.18 Å². The number of nitrogens with zero attached hydrogens (tertiary/aromatic N) is 26. The Morgan fingerprint density at radius 3 is 1.09 bits per heavy atom. The molecular weight excluding hydrogens is 1770 g/mol. The molecule has 12 aromatic rings. The molecule has 0 radical (unpaired) electrons. The normalized spacial score (nSPS) is 19.1. The van der Waals surface area contributed by atoms with E-state index in [0.717, 1.165) is 255 Å². The molecule has 34 nitrogen and oxygen atoms in total. The summed E-state index contributed by atoms with van der Waals surface area (Å²) >= 11 is 0. The summed E-state index contributed by atoms with van der Waals surface area (Å²) in [6.45, 7) is 20.3. The van der Waals surface area contributed by atoms with Crippen molar-refractivity contribution in [2.75, 3.05) is 125 Å². The first-order valence-electron chi connectivity index (χ1n) is 47.8. The molecule has 12 aliphatic rings. The molecule has 4 fully saturated rings. The smallest absolute Gasteiger partial charge is 0.379 e. The predicted octanol–water partition coefficient (Wildman–Crippen LogP) is 12.7. The summed E-state index contributed by atoms with van der Waals surface area (Å²) in [5, 5.41) is 55.7. The van der Waals surface area contributed by atoms with Crippen LogP contribution < -0.4 is 19.6 Å². The number of ether oxygens (including phenoxy) is 4. The molecule has 8 aromatic heterocycles. The first-order valence-corrected chi connectivity index (χ1v) is 47.8. The van der Waals surface area contributed by atoms with Gasteiger partial charge in [-0.15, -0.1) is 0 Å². The standard InChI is InChI=1S/C25H27F3N6O2.C25H29FN6O2.2C25H27N7O2/c1-15(35)32-9-7-22-20(12-32)24(30-34(22)18-13-36-14-18)33-8-3-4-17-10-16(5-6-21(17)33)19-11-31(2)29-23(19)25(26,27)28;1-16(33)30-8-5-23-21(14-30)25(28-32(23)19-6-9-34-15-19)31-7-3-4-17-10-20(22(26)11-24(17)31)18-12-27-29(2)13-18;2*1-16(33)30-8-6-24-21(14-30)25(28-32(24)19-7-10-34-15-19)31-9-5-18-11-17(3-4-23(18)31)20-13-29(2)27-22(20)12-26/h5-6,10-11,18H,3-4,7-9,12-14H2,1-2H3;10-13,19H,3-9,14-15H2,1-2H3;2*3-4,11,13,19H,5-10,14-15H2,1-2H3/t;;2*19-/m..10/s1. The number of benzene rings is 4. The number of hydrogen-bond donors (Lipinski definition) is 0. The van der Waals surface area contributed by atoms with Crippen molar-refractivity contribution >= 4 is 69.6 Å². The van der Waals surface area contributed by atoms with Gasteiger partial charge in [-0.3, -0.25) is 56.6 Å². The van der Waals surface area contributed by atoms with Gasteiger partial charge < -0.3 is 58.1 Å². The van der Waals surface area contributed by atoms with E-state index in [1.165, 1.54) is 46.1 Å². The van der Waals surface area contributed by atoms with Crippen molar-refractivity contribution in [3.8, 4) is 56.6 Å². The van der Waals surface area contributed by atoms with Gasteiger partial charge in [-0.1, -0.05) is 18.2 Å². The molecule has 0 bridgehead atoms. The van der Waals surface area contributed by atoms with E-state index in [2.05, 4.69) is 107 Å². The Labute approximate surface area is 794 Å². The quantitative estimate of drug-likeness (QED) is 0.103. The van der Waals surface area contributed by atoms with E-state index < -0.39 is 11.9 Å². The number of carbonyl (C=O) groups excluding carboxylic acids is 4. The van der Waals surface area contributed by atoms with E-state index in [1.807, 2.05) is 77.5 Å². The van der Waals surface area contributed by atoms with Gasteiger partial charge in [0, 0.05) is 274 Å². The van der Waals surface area contributed by atoms with E-state index in [1.54, 1.807) is 60.1 Å². The minimum Gasteiger partial charge on any atom is -0.379 e. The molecule has 1 unspecified atom stereocenters. The minimum atomic E-state index is -4.53. The second kappa shape index (κ2) is 36.9. The van der Waals surface area contributed by atoms with Crippen LogP contribution in [0.5, 0.6) is 0 Å². The highest BCUT2D eigenvalue weighted by molar-refractivity contribution is 5.83. The molecule has 38 heteroatoms. The first-order chi connectivity index (χ1) is 66.8. The highest BCUT2D eigenvalue weighted by Gasteiger charge is 2.43. The van der Waals surface area contributed by atoms with Crippen molar-refractivity contribution in [2.24, 2.45) is 28.2 Å². The second-order valence-electron chi connectivity index (χ2n) is 37.9. The van der Waals surface area contributed by atoms with Gasteiger partial charge in [0.05, 0.1) is 89.6 Å². The fourth-order valence-electron chi connectivity index (χ4n) is 22.0. The number of aromatic nitrogens is 16. The largest absolute Gasteiger partial charge is 0.435 e. The fraction of sp³-hybridized carbons (Fsp3) is 0.460. The highest BCUT2D eigenvalue weighted by Crippen LogP contribution is 2.49. The van der Waals surface area contributed by atoms with Crippen molar-refractivity contribution in [3.05, 3.63) is 188 Å². The number of fused-ring (bicyclic) bond motifs is 8.